The fraction of sp³-hybridized carbons (Fsp3) is 1.00. The lowest BCUT2D eigenvalue weighted by molar-refractivity contribution is 0.192. The van der Waals surface area contributed by atoms with Gasteiger partial charge in [0.15, 0.2) is 0 Å². The van der Waals surface area contributed by atoms with E-state index in [1.165, 1.54) is 51.6 Å². The zero-order valence-corrected chi connectivity index (χ0v) is 9.89. The van der Waals surface area contributed by atoms with Crippen molar-refractivity contribution >= 4 is 0 Å². The molecule has 0 saturated heterocycles. The second-order valence-corrected chi connectivity index (χ2v) is 4.52. The van der Waals surface area contributed by atoms with Gasteiger partial charge >= 0.3 is 0 Å². The van der Waals surface area contributed by atoms with Gasteiger partial charge in [-0.15, -0.1) is 0 Å². The average Bonchev–Trinajstić information content (AvgIpc) is 2.25. The third-order valence-corrected chi connectivity index (χ3v) is 3.27. The largest absolute Gasteiger partial charge is 0.315 e. The number of nitrogens with one attached hydrogen (secondary N) is 1. The highest BCUT2D eigenvalue weighted by Gasteiger charge is 2.16. The van der Waals surface area contributed by atoms with Crippen molar-refractivity contribution in [2.24, 2.45) is 0 Å². The van der Waals surface area contributed by atoms with Gasteiger partial charge in [-0.1, -0.05) is 26.2 Å². The maximum absolute atomic E-state index is 3.46. The van der Waals surface area contributed by atoms with E-state index in [2.05, 4.69) is 24.2 Å². The fourth-order valence-corrected chi connectivity index (χ4v) is 2.26. The topological polar surface area (TPSA) is 15.3 Å². The highest BCUT2D eigenvalue weighted by Crippen LogP contribution is 2.20. The van der Waals surface area contributed by atoms with Crippen LogP contribution in [0.25, 0.3) is 0 Å². The first kappa shape index (κ1) is 12.0. The summed E-state index contributed by atoms with van der Waals surface area (Å²) in [5.74, 6) is 0. The predicted molar refractivity (Wildman–Crippen MR) is 62.7 cm³/mol. The minimum atomic E-state index is 0.868. The summed E-state index contributed by atoms with van der Waals surface area (Å²) < 4.78 is 0. The summed E-state index contributed by atoms with van der Waals surface area (Å²) in [7, 11) is 2.28. The maximum atomic E-state index is 3.46. The summed E-state index contributed by atoms with van der Waals surface area (Å²) >= 11 is 0. The van der Waals surface area contributed by atoms with Crippen molar-refractivity contribution in [2.75, 3.05) is 26.7 Å². The van der Waals surface area contributed by atoms with Crippen molar-refractivity contribution < 1.29 is 0 Å². The minimum Gasteiger partial charge on any atom is -0.315 e. The van der Waals surface area contributed by atoms with E-state index in [1.807, 2.05) is 0 Å². The van der Waals surface area contributed by atoms with Crippen LogP contribution in [-0.4, -0.2) is 37.6 Å². The van der Waals surface area contributed by atoms with Crippen molar-refractivity contribution in [2.45, 2.75) is 51.5 Å². The van der Waals surface area contributed by atoms with E-state index in [0.29, 0.717) is 0 Å². The average molecular weight is 198 g/mol. The summed E-state index contributed by atoms with van der Waals surface area (Å²) in [6.45, 7) is 5.75. The van der Waals surface area contributed by atoms with Crippen LogP contribution in [0.2, 0.25) is 0 Å². The van der Waals surface area contributed by atoms with Gasteiger partial charge in [-0.05, 0) is 32.9 Å². The van der Waals surface area contributed by atoms with E-state index in [1.54, 1.807) is 0 Å². The van der Waals surface area contributed by atoms with Gasteiger partial charge in [0, 0.05) is 19.1 Å². The molecule has 1 aliphatic rings. The molecule has 1 fully saturated rings. The van der Waals surface area contributed by atoms with E-state index < -0.39 is 0 Å². The molecule has 2 heteroatoms. The van der Waals surface area contributed by atoms with Crippen molar-refractivity contribution in [3.8, 4) is 0 Å². The third-order valence-electron chi connectivity index (χ3n) is 3.27. The molecule has 1 saturated carbocycles. The highest BCUT2D eigenvalue weighted by atomic mass is 15.1. The highest BCUT2D eigenvalue weighted by molar-refractivity contribution is 4.73. The zero-order chi connectivity index (χ0) is 10.2. The van der Waals surface area contributed by atoms with Crippen LogP contribution in [0, 0.1) is 0 Å². The van der Waals surface area contributed by atoms with Crippen LogP contribution in [0.15, 0.2) is 0 Å². The van der Waals surface area contributed by atoms with Crippen molar-refractivity contribution in [3.05, 3.63) is 0 Å². The quantitative estimate of drug-likeness (QED) is 0.659. The first-order valence-corrected chi connectivity index (χ1v) is 6.25. The van der Waals surface area contributed by atoms with Crippen LogP contribution in [-0.2, 0) is 0 Å². The van der Waals surface area contributed by atoms with Crippen LogP contribution < -0.4 is 5.32 Å². The normalized spacial score (nSPS) is 19.1. The molecule has 0 aromatic rings. The standard InChI is InChI=1S/C12H26N2/c1-3-9-13-10-11-14(2)12-7-5-4-6-8-12/h12-13H,3-11H2,1-2H3. The fourth-order valence-electron chi connectivity index (χ4n) is 2.26. The monoisotopic (exact) mass is 198 g/mol. The molecular weight excluding hydrogens is 172 g/mol. The minimum absolute atomic E-state index is 0.868. The maximum Gasteiger partial charge on any atom is 0.0107 e. The van der Waals surface area contributed by atoms with Crippen molar-refractivity contribution in [3.63, 3.8) is 0 Å². The molecule has 0 heterocycles. The van der Waals surface area contributed by atoms with Gasteiger partial charge in [-0.3, -0.25) is 0 Å². The predicted octanol–water partition coefficient (Wildman–Crippen LogP) is 2.25. The molecule has 1 aliphatic carbocycles. The lowest BCUT2D eigenvalue weighted by atomic mass is 9.94. The SMILES string of the molecule is CCCNCCN(C)C1CCCCC1. The molecular formula is C12H26N2. The Kier molecular flexibility index (Phi) is 6.20. The molecule has 0 atom stereocenters. The van der Waals surface area contributed by atoms with Gasteiger partial charge in [0.2, 0.25) is 0 Å². The smallest absolute Gasteiger partial charge is 0.0107 e. The van der Waals surface area contributed by atoms with Gasteiger partial charge < -0.3 is 10.2 Å². The first-order chi connectivity index (χ1) is 6.84. The molecule has 1 rings (SSSR count). The first-order valence-electron chi connectivity index (χ1n) is 6.25. The Balaban J connectivity index is 2.04. The van der Waals surface area contributed by atoms with E-state index in [4.69, 9.17) is 0 Å². The molecule has 1 N–H and O–H groups in total. The van der Waals surface area contributed by atoms with Gasteiger partial charge in [-0.25, -0.2) is 0 Å². The molecule has 14 heavy (non-hydrogen) atoms. The summed E-state index contributed by atoms with van der Waals surface area (Å²) in [4.78, 5) is 2.54. The number of nitrogens with zero attached hydrogens (tertiary/aromatic N) is 1. The van der Waals surface area contributed by atoms with Crippen LogP contribution >= 0.6 is 0 Å². The number of hydrogen-bond acceptors (Lipinski definition) is 2. The van der Waals surface area contributed by atoms with Crippen LogP contribution in [0.5, 0.6) is 0 Å². The van der Waals surface area contributed by atoms with E-state index in [9.17, 15) is 0 Å². The van der Waals surface area contributed by atoms with E-state index >= 15 is 0 Å². The molecule has 0 aromatic heterocycles. The number of hydrogen-bond donors (Lipinski definition) is 1. The summed E-state index contributed by atoms with van der Waals surface area (Å²) in [6, 6.07) is 0.868. The number of likely N-dealkylation sites (N-methyl/N-ethyl adjacent to an activating group) is 1. The molecule has 0 unspecified atom stereocenters. The Bertz CT molecular complexity index is 130. The molecule has 84 valence electrons. The summed E-state index contributed by atoms with van der Waals surface area (Å²) in [5.41, 5.74) is 0. The second kappa shape index (κ2) is 7.24. The lowest BCUT2D eigenvalue weighted by Crippen LogP contribution is -2.38. The molecule has 0 bridgehead atoms. The van der Waals surface area contributed by atoms with Crippen LogP contribution in [0.3, 0.4) is 0 Å². The van der Waals surface area contributed by atoms with Gasteiger partial charge in [0.1, 0.15) is 0 Å². The number of rotatable bonds is 6. The van der Waals surface area contributed by atoms with Crippen molar-refractivity contribution in [1.82, 2.24) is 10.2 Å². The Morgan fingerprint density at radius 2 is 1.86 bits per heavy atom. The van der Waals surface area contributed by atoms with Crippen LogP contribution in [0.1, 0.15) is 45.4 Å². The lowest BCUT2D eigenvalue weighted by Gasteiger charge is -2.31. The molecule has 0 spiro atoms. The van der Waals surface area contributed by atoms with Crippen molar-refractivity contribution in [1.29, 1.82) is 0 Å². The molecule has 0 aliphatic heterocycles. The second-order valence-electron chi connectivity index (χ2n) is 4.52. The summed E-state index contributed by atoms with van der Waals surface area (Å²) in [5, 5.41) is 3.46. The van der Waals surface area contributed by atoms with E-state index in [0.717, 1.165) is 12.6 Å². The molecule has 0 aromatic carbocycles. The van der Waals surface area contributed by atoms with Gasteiger partial charge in [-0.2, -0.15) is 0 Å². The molecule has 2 nitrogen and oxygen atoms in total. The van der Waals surface area contributed by atoms with E-state index in [-0.39, 0.29) is 0 Å². The Hall–Kier alpha value is -0.0800. The Morgan fingerprint density at radius 1 is 1.14 bits per heavy atom. The summed E-state index contributed by atoms with van der Waals surface area (Å²) in [6.07, 6.45) is 8.43. The molecule has 0 amide bonds. The third kappa shape index (κ3) is 4.43. The Morgan fingerprint density at radius 3 is 2.50 bits per heavy atom. The Labute approximate surface area is 89.1 Å². The van der Waals surface area contributed by atoms with Gasteiger partial charge in [0.25, 0.3) is 0 Å². The molecule has 0 radical (unpaired) electrons. The van der Waals surface area contributed by atoms with Crippen LogP contribution in [0.4, 0.5) is 0 Å². The van der Waals surface area contributed by atoms with Gasteiger partial charge in [0.05, 0.1) is 0 Å². The zero-order valence-electron chi connectivity index (χ0n) is 9.89.